The molecule has 4 aromatic heterocycles. The van der Waals surface area contributed by atoms with E-state index in [1.807, 2.05) is 29.0 Å². The lowest BCUT2D eigenvalue weighted by molar-refractivity contribution is 0.871. The van der Waals surface area contributed by atoms with Crippen LogP contribution < -0.4 is 5.32 Å². The lowest BCUT2D eigenvalue weighted by Gasteiger charge is -2.12. The summed E-state index contributed by atoms with van der Waals surface area (Å²) >= 11 is 0. The summed E-state index contributed by atoms with van der Waals surface area (Å²) < 4.78 is 1.91. The molecule has 0 fully saturated rings. The Labute approximate surface area is 175 Å². The zero-order valence-electron chi connectivity index (χ0n) is 17.1. The molecule has 0 aliphatic carbocycles. The van der Waals surface area contributed by atoms with Crippen molar-refractivity contribution in [1.82, 2.24) is 24.6 Å². The van der Waals surface area contributed by atoms with Crippen molar-refractivity contribution in [2.75, 3.05) is 11.9 Å². The molecule has 0 radical (unpaired) electrons. The second-order valence-corrected chi connectivity index (χ2v) is 7.79. The molecule has 30 heavy (non-hydrogen) atoms. The second kappa shape index (κ2) is 7.63. The van der Waals surface area contributed by atoms with E-state index < -0.39 is 0 Å². The fraction of sp³-hybridized carbons (Fsp3) is 0.208. The number of nitrogens with zero attached hydrogens (tertiary/aromatic N) is 4. The van der Waals surface area contributed by atoms with E-state index in [0.29, 0.717) is 5.92 Å². The van der Waals surface area contributed by atoms with E-state index in [-0.39, 0.29) is 0 Å². The third kappa shape index (κ3) is 3.30. The SMILES string of the molecule is CC(C)c1cnn2c(NCCc3c[nH]c4ccccc34)cc(-c3cccnc3)nc12. The molecule has 2 N–H and O–H groups in total. The Balaban J connectivity index is 1.48. The fourth-order valence-electron chi connectivity index (χ4n) is 3.84. The molecule has 0 aliphatic heterocycles. The minimum Gasteiger partial charge on any atom is -0.370 e. The van der Waals surface area contributed by atoms with Gasteiger partial charge in [-0.15, -0.1) is 0 Å². The number of anilines is 1. The maximum atomic E-state index is 4.90. The van der Waals surface area contributed by atoms with Gasteiger partial charge >= 0.3 is 0 Å². The highest BCUT2D eigenvalue weighted by Gasteiger charge is 2.15. The lowest BCUT2D eigenvalue weighted by Crippen LogP contribution is -2.10. The van der Waals surface area contributed by atoms with E-state index >= 15 is 0 Å². The van der Waals surface area contributed by atoms with Gasteiger partial charge in [-0.1, -0.05) is 32.0 Å². The first-order valence-corrected chi connectivity index (χ1v) is 10.3. The topological polar surface area (TPSA) is 70.9 Å². The largest absolute Gasteiger partial charge is 0.370 e. The zero-order chi connectivity index (χ0) is 20.5. The Kier molecular flexibility index (Phi) is 4.67. The minimum absolute atomic E-state index is 0.346. The van der Waals surface area contributed by atoms with E-state index in [4.69, 9.17) is 4.98 Å². The van der Waals surface area contributed by atoms with E-state index in [0.717, 1.165) is 41.3 Å². The average molecular weight is 396 g/mol. The number of hydrogen-bond donors (Lipinski definition) is 2. The highest BCUT2D eigenvalue weighted by molar-refractivity contribution is 5.83. The molecule has 0 saturated heterocycles. The first-order valence-electron chi connectivity index (χ1n) is 10.3. The van der Waals surface area contributed by atoms with Gasteiger partial charge in [-0.05, 0) is 36.1 Å². The maximum Gasteiger partial charge on any atom is 0.161 e. The van der Waals surface area contributed by atoms with Gasteiger partial charge in [-0.25, -0.2) is 4.98 Å². The van der Waals surface area contributed by atoms with Gasteiger partial charge in [0.1, 0.15) is 5.82 Å². The number of hydrogen-bond acceptors (Lipinski definition) is 4. The van der Waals surface area contributed by atoms with Crippen LogP contribution in [0.15, 0.2) is 67.3 Å². The van der Waals surface area contributed by atoms with Crippen LogP contribution in [-0.4, -0.2) is 31.1 Å². The molecule has 1 aromatic carbocycles. The average Bonchev–Trinajstić information content (AvgIpc) is 3.39. The molecule has 0 saturated carbocycles. The van der Waals surface area contributed by atoms with Gasteiger partial charge in [-0.3, -0.25) is 4.98 Å². The highest BCUT2D eigenvalue weighted by Crippen LogP contribution is 2.26. The molecule has 0 unspecified atom stereocenters. The molecular weight excluding hydrogens is 372 g/mol. The van der Waals surface area contributed by atoms with Gasteiger partial charge < -0.3 is 10.3 Å². The van der Waals surface area contributed by atoms with Crippen molar-refractivity contribution in [2.45, 2.75) is 26.2 Å². The van der Waals surface area contributed by atoms with Crippen LogP contribution in [0.5, 0.6) is 0 Å². The summed E-state index contributed by atoms with van der Waals surface area (Å²) in [6, 6.07) is 14.4. The summed E-state index contributed by atoms with van der Waals surface area (Å²) in [6.45, 7) is 5.13. The number of benzene rings is 1. The second-order valence-electron chi connectivity index (χ2n) is 7.79. The van der Waals surface area contributed by atoms with Crippen molar-refractivity contribution in [3.05, 3.63) is 78.4 Å². The van der Waals surface area contributed by atoms with Gasteiger partial charge in [0.05, 0.1) is 11.9 Å². The van der Waals surface area contributed by atoms with Crippen molar-refractivity contribution < 1.29 is 0 Å². The number of H-pyrrole nitrogens is 1. The Morgan fingerprint density at radius 1 is 1.10 bits per heavy atom. The van der Waals surface area contributed by atoms with Crippen LogP contribution in [0.3, 0.4) is 0 Å². The smallest absolute Gasteiger partial charge is 0.161 e. The molecule has 0 aliphatic rings. The number of rotatable bonds is 6. The van der Waals surface area contributed by atoms with Crippen molar-refractivity contribution in [3.63, 3.8) is 0 Å². The third-order valence-electron chi connectivity index (χ3n) is 5.45. The summed E-state index contributed by atoms with van der Waals surface area (Å²) in [5.41, 5.74) is 6.40. The van der Waals surface area contributed by atoms with Crippen molar-refractivity contribution in [3.8, 4) is 11.3 Å². The van der Waals surface area contributed by atoms with Crippen LogP contribution in [0.2, 0.25) is 0 Å². The normalized spacial score (nSPS) is 11.6. The molecule has 6 nitrogen and oxygen atoms in total. The van der Waals surface area contributed by atoms with Gasteiger partial charge in [0.2, 0.25) is 0 Å². The Morgan fingerprint density at radius 3 is 2.83 bits per heavy atom. The quantitative estimate of drug-likeness (QED) is 0.421. The molecule has 0 amide bonds. The number of para-hydroxylation sites is 1. The predicted molar refractivity (Wildman–Crippen MR) is 121 cm³/mol. The van der Waals surface area contributed by atoms with Crippen molar-refractivity contribution in [2.24, 2.45) is 0 Å². The summed E-state index contributed by atoms with van der Waals surface area (Å²) in [5.74, 6) is 1.28. The van der Waals surface area contributed by atoms with Crippen molar-refractivity contribution >= 4 is 22.4 Å². The van der Waals surface area contributed by atoms with Gasteiger partial charge in [-0.2, -0.15) is 9.61 Å². The number of fused-ring (bicyclic) bond motifs is 2. The standard InChI is InChI=1S/C24H24N6/c1-16(2)20-15-28-30-23(12-22(29-24(20)30)18-6-5-10-25-13-18)26-11-9-17-14-27-21-8-4-3-7-19(17)21/h3-8,10,12-16,26-27H,9,11H2,1-2H3. The minimum atomic E-state index is 0.346. The molecule has 5 aromatic rings. The van der Waals surface area contributed by atoms with Crippen LogP contribution in [0.25, 0.3) is 27.8 Å². The number of pyridine rings is 1. The van der Waals surface area contributed by atoms with Crippen LogP contribution in [0.4, 0.5) is 5.82 Å². The van der Waals surface area contributed by atoms with Crippen molar-refractivity contribution in [1.29, 1.82) is 0 Å². The summed E-state index contributed by atoms with van der Waals surface area (Å²) in [5, 5.41) is 9.46. The highest BCUT2D eigenvalue weighted by atomic mass is 15.3. The summed E-state index contributed by atoms with van der Waals surface area (Å²) in [6.07, 6.45) is 8.56. The monoisotopic (exact) mass is 396 g/mol. The van der Waals surface area contributed by atoms with Gasteiger partial charge in [0.25, 0.3) is 0 Å². The molecule has 0 atom stereocenters. The van der Waals surface area contributed by atoms with Gasteiger partial charge in [0, 0.05) is 53.2 Å². The van der Waals surface area contributed by atoms with Crippen LogP contribution in [0.1, 0.15) is 30.9 Å². The predicted octanol–water partition coefficient (Wildman–Crippen LogP) is 5.05. The molecule has 4 heterocycles. The Bertz CT molecular complexity index is 1300. The molecular formula is C24H24N6. The first-order chi connectivity index (χ1) is 14.7. The summed E-state index contributed by atoms with van der Waals surface area (Å²) in [7, 11) is 0. The zero-order valence-corrected chi connectivity index (χ0v) is 17.1. The summed E-state index contributed by atoms with van der Waals surface area (Å²) in [4.78, 5) is 12.5. The van der Waals surface area contributed by atoms with E-state index in [9.17, 15) is 0 Å². The maximum absolute atomic E-state index is 4.90. The Morgan fingerprint density at radius 2 is 2.00 bits per heavy atom. The van der Waals surface area contributed by atoms with Gasteiger partial charge in [0.15, 0.2) is 5.65 Å². The Hall–Kier alpha value is -3.67. The lowest BCUT2D eigenvalue weighted by atomic mass is 10.1. The van der Waals surface area contributed by atoms with Crippen LogP contribution in [-0.2, 0) is 6.42 Å². The number of nitrogens with one attached hydrogen (secondary N) is 2. The molecule has 0 bridgehead atoms. The molecule has 6 heteroatoms. The van der Waals surface area contributed by atoms with Crippen LogP contribution in [0, 0.1) is 0 Å². The van der Waals surface area contributed by atoms with E-state index in [2.05, 4.69) is 70.8 Å². The molecule has 150 valence electrons. The number of aromatic amines is 1. The van der Waals surface area contributed by atoms with Crippen LogP contribution >= 0.6 is 0 Å². The molecule has 0 spiro atoms. The fourth-order valence-corrected chi connectivity index (χ4v) is 3.84. The number of aromatic nitrogens is 5. The van der Waals surface area contributed by atoms with E-state index in [1.54, 1.807) is 6.20 Å². The first kappa shape index (κ1) is 18.4. The molecule has 5 rings (SSSR count). The van der Waals surface area contributed by atoms with E-state index in [1.165, 1.54) is 16.5 Å². The third-order valence-corrected chi connectivity index (χ3v) is 5.45.